The second-order valence-corrected chi connectivity index (χ2v) is 3.22. The van der Waals surface area contributed by atoms with Crippen LogP contribution in [-0.4, -0.2) is 18.6 Å². The number of hydrogen-bond acceptors (Lipinski definition) is 2. The molecule has 1 heterocycles. The maximum absolute atomic E-state index is 3.95. The molecule has 0 atom stereocenters. The fourth-order valence-corrected chi connectivity index (χ4v) is 0.968. The molecule has 1 rings (SSSR count). The molecule has 0 aromatic heterocycles. The van der Waals surface area contributed by atoms with Gasteiger partial charge >= 0.3 is 0 Å². The molecule has 1 aliphatic rings. The average Bonchev–Trinajstić information content (AvgIpc) is 1.97. The Kier molecular flexibility index (Phi) is 1.28. The van der Waals surface area contributed by atoms with Gasteiger partial charge in [-0.3, -0.25) is 0 Å². The molecule has 1 saturated heterocycles. The highest BCUT2D eigenvalue weighted by Crippen LogP contribution is 2.29. The van der Waals surface area contributed by atoms with Crippen LogP contribution in [0.1, 0.15) is 13.8 Å². The predicted octanol–water partition coefficient (Wildman–Crippen LogP) is 0.976. The minimum atomic E-state index is 0.245. The van der Waals surface area contributed by atoms with Crippen molar-refractivity contribution in [2.75, 3.05) is 13.6 Å². The Morgan fingerprint density at radius 3 is 2.33 bits per heavy atom. The van der Waals surface area contributed by atoms with E-state index in [0.29, 0.717) is 0 Å². The zero-order valence-corrected chi connectivity index (χ0v) is 6.36. The first kappa shape index (κ1) is 6.62. The fraction of sp³-hybridized carbons (Fsp3) is 0.714. The van der Waals surface area contributed by atoms with E-state index >= 15 is 0 Å². The van der Waals surface area contributed by atoms with Crippen molar-refractivity contribution < 1.29 is 0 Å². The smallest absolute Gasteiger partial charge is 0.0288 e. The normalized spacial score (nSPS) is 25.2. The van der Waals surface area contributed by atoms with Gasteiger partial charge in [-0.1, -0.05) is 20.4 Å². The third-order valence-electron chi connectivity index (χ3n) is 1.94. The van der Waals surface area contributed by atoms with Crippen LogP contribution in [0.25, 0.3) is 0 Å². The van der Waals surface area contributed by atoms with Crippen molar-refractivity contribution in [3.05, 3.63) is 12.3 Å². The molecule has 0 aliphatic carbocycles. The lowest BCUT2D eigenvalue weighted by Crippen LogP contribution is -2.24. The summed E-state index contributed by atoms with van der Waals surface area (Å²) >= 11 is 0. The topological polar surface area (TPSA) is 15.3 Å². The monoisotopic (exact) mass is 126 g/mol. The first-order chi connectivity index (χ1) is 4.04. The van der Waals surface area contributed by atoms with E-state index < -0.39 is 0 Å². The number of nitrogens with zero attached hydrogens (tertiary/aromatic N) is 1. The van der Waals surface area contributed by atoms with E-state index in [0.717, 1.165) is 6.54 Å². The lowest BCUT2D eigenvalue weighted by atomic mass is 9.92. The minimum Gasteiger partial charge on any atom is -0.316 e. The molecule has 1 N–H and O–H groups in total. The molecule has 0 saturated carbocycles. The van der Waals surface area contributed by atoms with Gasteiger partial charge in [0.1, 0.15) is 0 Å². The van der Waals surface area contributed by atoms with Gasteiger partial charge < -0.3 is 5.01 Å². The van der Waals surface area contributed by atoms with E-state index in [-0.39, 0.29) is 5.41 Å². The molecule has 0 amide bonds. The fourth-order valence-electron chi connectivity index (χ4n) is 0.968. The zero-order chi connectivity index (χ0) is 7.07. The van der Waals surface area contributed by atoms with Crippen LogP contribution < -0.4 is 5.43 Å². The first-order valence-corrected chi connectivity index (χ1v) is 3.21. The molecular formula is C7H14N2. The molecule has 2 heteroatoms. The molecule has 0 bridgehead atoms. The SMILES string of the molecule is C=C1N(C)NCC1(C)C. The molecule has 0 aromatic carbocycles. The molecule has 1 aliphatic heterocycles. The number of rotatable bonds is 0. The molecule has 2 nitrogen and oxygen atoms in total. The molecule has 1 fully saturated rings. The van der Waals surface area contributed by atoms with Gasteiger partial charge in [0.15, 0.2) is 0 Å². The van der Waals surface area contributed by atoms with Crippen LogP contribution in [0.4, 0.5) is 0 Å². The van der Waals surface area contributed by atoms with Gasteiger partial charge in [-0.05, 0) is 0 Å². The van der Waals surface area contributed by atoms with Crippen molar-refractivity contribution in [3.63, 3.8) is 0 Å². The van der Waals surface area contributed by atoms with Crippen molar-refractivity contribution in [1.29, 1.82) is 0 Å². The highest BCUT2D eigenvalue weighted by molar-refractivity contribution is 5.09. The third kappa shape index (κ3) is 0.944. The van der Waals surface area contributed by atoms with Gasteiger partial charge in [0, 0.05) is 24.7 Å². The van der Waals surface area contributed by atoms with Gasteiger partial charge in [0.05, 0.1) is 0 Å². The molecule has 0 spiro atoms. The van der Waals surface area contributed by atoms with Gasteiger partial charge in [-0.25, -0.2) is 5.43 Å². The summed E-state index contributed by atoms with van der Waals surface area (Å²) in [6.45, 7) is 9.33. The van der Waals surface area contributed by atoms with Crippen LogP contribution in [0.5, 0.6) is 0 Å². The summed E-state index contributed by atoms with van der Waals surface area (Å²) in [7, 11) is 2.00. The van der Waals surface area contributed by atoms with Crippen LogP contribution in [0, 0.1) is 5.41 Å². The predicted molar refractivity (Wildman–Crippen MR) is 38.7 cm³/mol. The van der Waals surface area contributed by atoms with Gasteiger partial charge in [-0.2, -0.15) is 0 Å². The Morgan fingerprint density at radius 1 is 1.67 bits per heavy atom. The molecule has 0 aromatic rings. The van der Waals surface area contributed by atoms with Crippen LogP contribution >= 0.6 is 0 Å². The number of hydrazine groups is 1. The van der Waals surface area contributed by atoms with E-state index in [1.54, 1.807) is 0 Å². The van der Waals surface area contributed by atoms with Crippen molar-refractivity contribution in [1.82, 2.24) is 10.4 Å². The summed E-state index contributed by atoms with van der Waals surface area (Å²) in [6, 6.07) is 0. The second kappa shape index (κ2) is 1.74. The molecule has 0 unspecified atom stereocenters. The van der Waals surface area contributed by atoms with Gasteiger partial charge in [0.25, 0.3) is 0 Å². The Morgan fingerprint density at radius 2 is 2.22 bits per heavy atom. The first-order valence-electron chi connectivity index (χ1n) is 3.21. The summed E-state index contributed by atoms with van der Waals surface area (Å²) in [4.78, 5) is 0. The number of nitrogens with one attached hydrogen (secondary N) is 1. The summed E-state index contributed by atoms with van der Waals surface area (Å²) < 4.78 is 0. The summed E-state index contributed by atoms with van der Waals surface area (Å²) in [5, 5.41) is 1.99. The van der Waals surface area contributed by atoms with Gasteiger partial charge in [-0.15, -0.1) is 0 Å². The van der Waals surface area contributed by atoms with E-state index in [1.165, 1.54) is 5.70 Å². The maximum atomic E-state index is 3.95. The largest absolute Gasteiger partial charge is 0.316 e. The second-order valence-electron chi connectivity index (χ2n) is 3.22. The van der Waals surface area contributed by atoms with E-state index in [2.05, 4.69) is 25.9 Å². The van der Waals surface area contributed by atoms with E-state index in [4.69, 9.17) is 0 Å². The van der Waals surface area contributed by atoms with Crippen molar-refractivity contribution in [3.8, 4) is 0 Å². The average molecular weight is 126 g/mol. The van der Waals surface area contributed by atoms with Crippen LogP contribution in [0.15, 0.2) is 12.3 Å². The lowest BCUT2D eigenvalue weighted by molar-refractivity contribution is 0.364. The standard InChI is InChI=1S/C7H14N2/c1-6-7(2,3)5-8-9(6)4/h8H,1,5H2,2-4H3. The molecule has 0 radical (unpaired) electrons. The van der Waals surface area contributed by atoms with E-state index in [9.17, 15) is 0 Å². The minimum absolute atomic E-state index is 0.245. The van der Waals surface area contributed by atoms with Crippen LogP contribution in [-0.2, 0) is 0 Å². The Balaban J connectivity index is 2.74. The van der Waals surface area contributed by atoms with Gasteiger partial charge in [0.2, 0.25) is 0 Å². The zero-order valence-electron chi connectivity index (χ0n) is 6.36. The summed E-state index contributed by atoms with van der Waals surface area (Å²) in [5.74, 6) is 0. The summed E-state index contributed by atoms with van der Waals surface area (Å²) in [6.07, 6.45) is 0. The maximum Gasteiger partial charge on any atom is 0.0288 e. The highest BCUT2D eigenvalue weighted by Gasteiger charge is 2.30. The van der Waals surface area contributed by atoms with E-state index in [1.807, 2.05) is 12.1 Å². The summed E-state index contributed by atoms with van der Waals surface area (Å²) in [5.41, 5.74) is 4.61. The number of hydrogen-bond donors (Lipinski definition) is 1. The van der Waals surface area contributed by atoms with Crippen molar-refractivity contribution >= 4 is 0 Å². The Hall–Kier alpha value is -0.500. The van der Waals surface area contributed by atoms with Crippen molar-refractivity contribution in [2.45, 2.75) is 13.8 Å². The molecule has 52 valence electrons. The van der Waals surface area contributed by atoms with Crippen LogP contribution in [0.3, 0.4) is 0 Å². The Labute approximate surface area is 56.5 Å². The third-order valence-corrected chi connectivity index (χ3v) is 1.94. The molecule has 9 heavy (non-hydrogen) atoms. The Bertz CT molecular complexity index is 138. The van der Waals surface area contributed by atoms with Crippen LogP contribution in [0.2, 0.25) is 0 Å². The molecular weight excluding hydrogens is 112 g/mol. The van der Waals surface area contributed by atoms with Crippen molar-refractivity contribution in [2.24, 2.45) is 5.41 Å². The lowest BCUT2D eigenvalue weighted by Gasteiger charge is -2.18. The highest BCUT2D eigenvalue weighted by atomic mass is 15.5. The quantitative estimate of drug-likeness (QED) is 0.520.